The molecule has 0 aromatic heterocycles. The molecule has 2 heterocycles. The lowest BCUT2D eigenvalue weighted by molar-refractivity contribution is -0.116. The Balaban J connectivity index is 1.34. The zero-order valence-corrected chi connectivity index (χ0v) is 18.7. The minimum Gasteiger partial charge on any atom is -0.487 e. The standard InChI is InChI=1S/C24H27N3O3S/c1-17-3-4-18(2)21(15-17)26-9-11-27(12-10-26)24(29)19-5-7-20(8-6-19)25-23(28)22-16-31-14-13-30-22/h3-8,15-16H,9-14H2,1-2H3,(H,25,28). The van der Waals surface area contributed by atoms with E-state index in [1.165, 1.54) is 16.8 Å². The summed E-state index contributed by atoms with van der Waals surface area (Å²) in [5, 5.41) is 4.54. The summed E-state index contributed by atoms with van der Waals surface area (Å²) in [6.07, 6.45) is 0. The van der Waals surface area contributed by atoms with Gasteiger partial charge in [-0.2, -0.15) is 0 Å². The van der Waals surface area contributed by atoms with E-state index in [0.29, 0.717) is 36.7 Å². The third-order valence-electron chi connectivity index (χ3n) is 5.53. The van der Waals surface area contributed by atoms with Gasteiger partial charge in [0.25, 0.3) is 11.8 Å². The van der Waals surface area contributed by atoms with Crippen LogP contribution in [0.2, 0.25) is 0 Å². The van der Waals surface area contributed by atoms with Gasteiger partial charge in [0.05, 0.1) is 6.61 Å². The van der Waals surface area contributed by atoms with Crippen LogP contribution in [0, 0.1) is 13.8 Å². The summed E-state index contributed by atoms with van der Waals surface area (Å²) in [7, 11) is 0. The van der Waals surface area contributed by atoms with E-state index in [0.717, 1.165) is 18.8 Å². The first-order chi connectivity index (χ1) is 15.0. The number of carbonyl (C=O) groups is 2. The minimum atomic E-state index is -0.270. The van der Waals surface area contributed by atoms with E-state index in [9.17, 15) is 9.59 Å². The molecule has 0 atom stereocenters. The second kappa shape index (κ2) is 9.47. The lowest BCUT2D eigenvalue weighted by atomic mass is 10.1. The predicted octanol–water partition coefficient (Wildman–Crippen LogP) is 3.81. The Morgan fingerprint density at radius 2 is 1.74 bits per heavy atom. The summed E-state index contributed by atoms with van der Waals surface area (Å²) in [4.78, 5) is 29.4. The summed E-state index contributed by atoms with van der Waals surface area (Å²) in [6, 6.07) is 13.5. The molecule has 2 aliphatic rings. The molecule has 6 nitrogen and oxygen atoms in total. The monoisotopic (exact) mass is 437 g/mol. The number of anilines is 2. The summed E-state index contributed by atoms with van der Waals surface area (Å²) in [5.74, 6) is 0.937. The molecule has 0 radical (unpaired) electrons. The van der Waals surface area contributed by atoms with E-state index in [4.69, 9.17) is 4.74 Å². The van der Waals surface area contributed by atoms with Gasteiger partial charge in [-0.1, -0.05) is 12.1 Å². The maximum absolute atomic E-state index is 12.9. The number of ether oxygens (including phenoxy) is 1. The van der Waals surface area contributed by atoms with E-state index in [1.54, 1.807) is 41.4 Å². The first kappa shape index (κ1) is 21.3. The number of carbonyl (C=O) groups excluding carboxylic acids is 2. The van der Waals surface area contributed by atoms with Crippen molar-refractivity contribution in [2.45, 2.75) is 13.8 Å². The topological polar surface area (TPSA) is 61.9 Å². The van der Waals surface area contributed by atoms with Crippen molar-refractivity contribution in [2.75, 3.05) is 48.8 Å². The van der Waals surface area contributed by atoms with Gasteiger partial charge >= 0.3 is 0 Å². The molecule has 4 rings (SSSR count). The fraction of sp³-hybridized carbons (Fsp3) is 0.333. The van der Waals surface area contributed by atoms with Gasteiger partial charge in [0.2, 0.25) is 0 Å². The average molecular weight is 438 g/mol. The van der Waals surface area contributed by atoms with Gasteiger partial charge in [-0.15, -0.1) is 11.8 Å². The third-order valence-corrected chi connectivity index (χ3v) is 6.32. The van der Waals surface area contributed by atoms with Crippen LogP contribution >= 0.6 is 11.8 Å². The summed E-state index contributed by atoms with van der Waals surface area (Å²) >= 11 is 1.56. The number of piperazine rings is 1. The smallest absolute Gasteiger partial charge is 0.291 e. The Kier molecular flexibility index (Phi) is 6.51. The Hall–Kier alpha value is -2.93. The summed E-state index contributed by atoms with van der Waals surface area (Å²) in [6.45, 7) is 7.78. The highest BCUT2D eigenvalue weighted by Gasteiger charge is 2.23. The molecule has 1 fully saturated rings. The second-order valence-corrected chi connectivity index (χ2v) is 8.78. The number of thioether (sulfide) groups is 1. The molecule has 0 aliphatic carbocycles. The number of nitrogens with zero attached hydrogens (tertiary/aromatic N) is 2. The molecule has 2 aliphatic heterocycles. The highest BCUT2D eigenvalue weighted by atomic mass is 32.2. The van der Waals surface area contributed by atoms with E-state index in [2.05, 4.69) is 42.3 Å². The molecule has 0 spiro atoms. The van der Waals surface area contributed by atoms with Crippen LogP contribution in [0.1, 0.15) is 21.5 Å². The number of hydrogen-bond donors (Lipinski definition) is 1. The first-order valence-corrected chi connectivity index (χ1v) is 11.5. The average Bonchev–Trinajstić information content (AvgIpc) is 2.81. The summed E-state index contributed by atoms with van der Waals surface area (Å²) in [5.41, 5.74) is 5.03. The molecule has 31 heavy (non-hydrogen) atoms. The van der Waals surface area contributed by atoms with Crippen LogP contribution in [0.4, 0.5) is 11.4 Å². The molecule has 2 amide bonds. The van der Waals surface area contributed by atoms with Crippen LogP contribution in [-0.4, -0.2) is 55.3 Å². The SMILES string of the molecule is Cc1ccc(C)c(N2CCN(C(=O)c3ccc(NC(=O)C4=CSCCO4)cc3)CC2)c1. The van der Waals surface area contributed by atoms with E-state index in [1.807, 2.05) is 4.90 Å². The van der Waals surface area contributed by atoms with Gasteiger partial charge in [-0.25, -0.2) is 0 Å². The zero-order valence-electron chi connectivity index (χ0n) is 17.9. The van der Waals surface area contributed by atoms with Crippen molar-refractivity contribution >= 4 is 35.0 Å². The normalized spacial score (nSPS) is 16.4. The van der Waals surface area contributed by atoms with Crippen LogP contribution < -0.4 is 10.2 Å². The van der Waals surface area contributed by atoms with Crippen molar-refractivity contribution in [3.05, 3.63) is 70.3 Å². The quantitative estimate of drug-likeness (QED) is 0.788. The molecular formula is C24H27N3O3S. The highest BCUT2D eigenvalue weighted by Crippen LogP contribution is 2.23. The van der Waals surface area contributed by atoms with Gasteiger partial charge in [0, 0.05) is 54.3 Å². The van der Waals surface area contributed by atoms with Crippen LogP contribution in [0.5, 0.6) is 0 Å². The number of nitrogens with one attached hydrogen (secondary N) is 1. The molecule has 2 aromatic rings. The zero-order chi connectivity index (χ0) is 21.8. The van der Waals surface area contributed by atoms with Crippen molar-refractivity contribution < 1.29 is 14.3 Å². The highest BCUT2D eigenvalue weighted by molar-refractivity contribution is 8.02. The van der Waals surface area contributed by atoms with Gasteiger partial charge < -0.3 is 19.9 Å². The molecule has 1 saturated heterocycles. The van der Waals surface area contributed by atoms with Gasteiger partial charge in [-0.3, -0.25) is 9.59 Å². The summed E-state index contributed by atoms with van der Waals surface area (Å²) < 4.78 is 5.37. The van der Waals surface area contributed by atoms with Crippen LogP contribution in [0.15, 0.2) is 53.6 Å². The van der Waals surface area contributed by atoms with Crippen LogP contribution in [0.3, 0.4) is 0 Å². The number of amides is 2. The Labute approximate surface area is 187 Å². The van der Waals surface area contributed by atoms with Gasteiger partial charge in [0.15, 0.2) is 5.76 Å². The lowest BCUT2D eigenvalue weighted by Gasteiger charge is -2.37. The predicted molar refractivity (Wildman–Crippen MR) is 126 cm³/mol. The molecule has 7 heteroatoms. The number of benzene rings is 2. The Morgan fingerprint density at radius 1 is 1.00 bits per heavy atom. The fourth-order valence-corrected chi connectivity index (χ4v) is 4.39. The van der Waals surface area contributed by atoms with Crippen LogP contribution in [-0.2, 0) is 9.53 Å². The lowest BCUT2D eigenvalue weighted by Crippen LogP contribution is -2.49. The Bertz CT molecular complexity index is 996. The molecular weight excluding hydrogens is 410 g/mol. The molecule has 0 unspecified atom stereocenters. The number of rotatable bonds is 4. The molecule has 0 bridgehead atoms. The first-order valence-electron chi connectivity index (χ1n) is 10.5. The van der Waals surface area contributed by atoms with Crippen molar-refractivity contribution in [1.82, 2.24) is 4.90 Å². The van der Waals surface area contributed by atoms with Gasteiger partial charge in [0.1, 0.15) is 0 Å². The Morgan fingerprint density at radius 3 is 2.42 bits per heavy atom. The van der Waals surface area contributed by atoms with E-state index in [-0.39, 0.29) is 11.8 Å². The maximum Gasteiger partial charge on any atom is 0.291 e. The molecule has 1 N–H and O–H groups in total. The van der Waals surface area contributed by atoms with Crippen molar-refractivity contribution in [3.8, 4) is 0 Å². The van der Waals surface area contributed by atoms with Crippen molar-refractivity contribution in [2.24, 2.45) is 0 Å². The van der Waals surface area contributed by atoms with E-state index >= 15 is 0 Å². The molecule has 162 valence electrons. The van der Waals surface area contributed by atoms with Crippen molar-refractivity contribution in [1.29, 1.82) is 0 Å². The van der Waals surface area contributed by atoms with Gasteiger partial charge in [-0.05, 0) is 55.3 Å². The molecule has 2 aromatic carbocycles. The second-order valence-electron chi connectivity index (χ2n) is 7.80. The van der Waals surface area contributed by atoms with Crippen molar-refractivity contribution in [3.63, 3.8) is 0 Å². The van der Waals surface area contributed by atoms with E-state index < -0.39 is 0 Å². The number of aryl methyl sites for hydroxylation is 2. The number of hydrogen-bond acceptors (Lipinski definition) is 5. The third kappa shape index (κ3) is 5.05. The van der Waals surface area contributed by atoms with Crippen LogP contribution in [0.25, 0.3) is 0 Å². The minimum absolute atomic E-state index is 0.0215. The molecule has 0 saturated carbocycles. The maximum atomic E-state index is 12.9. The fourth-order valence-electron chi connectivity index (χ4n) is 3.77. The largest absolute Gasteiger partial charge is 0.487 e.